The second-order valence-corrected chi connectivity index (χ2v) is 12.7. The molecule has 0 aliphatic carbocycles. The number of anilines is 1. The third-order valence-electron chi connectivity index (χ3n) is 8.94. The van der Waals surface area contributed by atoms with Gasteiger partial charge in [-0.2, -0.15) is 0 Å². The number of aryl methyl sites for hydroxylation is 1. The van der Waals surface area contributed by atoms with Crippen molar-refractivity contribution in [3.63, 3.8) is 0 Å². The van der Waals surface area contributed by atoms with Gasteiger partial charge in [0.05, 0.1) is 12.2 Å². The number of nitrogens with zero attached hydrogens (tertiary/aromatic N) is 4. The van der Waals surface area contributed by atoms with Crippen LogP contribution in [-0.4, -0.2) is 71.5 Å². The average Bonchev–Trinajstić information content (AvgIpc) is 3.70. The van der Waals surface area contributed by atoms with Gasteiger partial charge in [0.2, 0.25) is 5.91 Å². The van der Waals surface area contributed by atoms with Crippen LogP contribution in [0.25, 0.3) is 0 Å². The van der Waals surface area contributed by atoms with Crippen molar-refractivity contribution in [3.8, 4) is 0 Å². The Morgan fingerprint density at radius 2 is 1.98 bits per heavy atom. The Hall–Kier alpha value is -4.42. The van der Waals surface area contributed by atoms with Crippen LogP contribution in [0.4, 0.5) is 10.1 Å². The number of thiazole rings is 1. The molecule has 3 aromatic rings. The predicted molar refractivity (Wildman–Crippen MR) is 172 cm³/mol. The summed E-state index contributed by atoms with van der Waals surface area (Å²) >= 11 is 1.42. The van der Waals surface area contributed by atoms with Gasteiger partial charge in [-0.3, -0.25) is 19.5 Å². The van der Waals surface area contributed by atoms with Gasteiger partial charge in [-0.1, -0.05) is 24.3 Å². The zero-order valence-electron chi connectivity index (χ0n) is 25.7. The molecule has 240 valence electrons. The lowest BCUT2D eigenvalue weighted by Crippen LogP contribution is -2.45. The molecule has 10 nitrogen and oxygen atoms in total. The number of hydrogen-bond donors (Lipinski definition) is 2. The molecule has 2 aromatic carbocycles. The minimum absolute atomic E-state index is 0.0604. The number of amides is 1. The Morgan fingerprint density at radius 1 is 1.17 bits per heavy atom. The number of esters is 1. The number of halogens is 1. The predicted octanol–water partition coefficient (Wildman–Crippen LogP) is 4.50. The average molecular weight is 646 g/mol. The number of rotatable bonds is 10. The van der Waals surface area contributed by atoms with E-state index in [-0.39, 0.29) is 36.6 Å². The molecular weight excluding hydrogens is 609 g/mol. The monoisotopic (exact) mass is 645 g/mol. The van der Waals surface area contributed by atoms with Crippen LogP contribution in [0.15, 0.2) is 70.3 Å². The molecule has 6 rings (SSSR count). The van der Waals surface area contributed by atoms with E-state index in [1.807, 2.05) is 34.5 Å². The van der Waals surface area contributed by atoms with Crippen LogP contribution in [0.1, 0.15) is 47.5 Å². The van der Waals surface area contributed by atoms with Gasteiger partial charge in [0.25, 0.3) is 0 Å². The van der Waals surface area contributed by atoms with Gasteiger partial charge in [0.15, 0.2) is 10.8 Å². The van der Waals surface area contributed by atoms with Crippen molar-refractivity contribution in [1.82, 2.24) is 15.2 Å². The summed E-state index contributed by atoms with van der Waals surface area (Å²) in [6.07, 6.45) is 2.87. The standard InChI is InChI=1S/C34H36FN5O5S/c1-3-45-34(44)29-27(37-31(32-36-14-16-46-32)38-30(29)24-5-4-6-26(35)20(24)2)19-39-15-13-25-22(17-39)18-40(33(25)43)23-10-7-21(8-11-23)9-12-28(41)42/h4-8,10-11,14,16,22,25,30H,3,9,12-13,15,17-19H2,1-2H3,(H,37,38)(H,41,42)/t22-,25-,30?/m0/s1. The number of ether oxygens (including phenoxy) is 1. The molecule has 2 N–H and O–H groups in total. The molecule has 0 saturated carbocycles. The van der Waals surface area contributed by atoms with E-state index in [9.17, 15) is 18.8 Å². The van der Waals surface area contributed by atoms with Crippen LogP contribution in [-0.2, 0) is 25.5 Å². The second kappa shape index (κ2) is 13.5. The number of aliphatic imine (C=N–C) groups is 1. The normalized spacial score (nSPS) is 21.5. The van der Waals surface area contributed by atoms with Crippen molar-refractivity contribution < 1.29 is 28.6 Å². The molecule has 12 heteroatoms. The number of fused-ring (bicyclic) bond motifs is 1. The molecule has 3 aliphatic rings. The summed E-state index contributed by atoms with van der Waals surface area (Å²) in [5.74, 6) is -1.12. The molecule has 0 bridgehead atoms. The lowest BCUT2D eigenvalue weighted by atomic mass is 9.87. The SMILES string of the molecule is CCOC(=O)C1=C(CN2CC[C@@H]3C(=O)N(c4ccc(CCC(=O)O)cc4)C[C@@H]3C2)NC(c2nccs2)=NC1c1cccc(F)c1C. The minimum Gasteiger partial charge on any atom is -0.481 e. The number of carboxylic acid groups (broad SMARTS) is 1. The van der Waals surface area contributed by atoms with E-state index in [1.54, 1.807) is 32.2 Å². The maximum Gasteiger partial charge on any atom is 0.338 e. The first kappa shape index (κ1) is 31.6. The van der Waals surface area contributed by atoms with E-state index in [0.29, 0.717) is 72.3 Å². The number of nitrogens with one attached hydrogen (secondary N) is 1. The van der Waals surface area contributed by atoms with Gasteiger partial charge in [-0.15, -0.1) is 11.3 Å². The smallest absolute Gasteiger partial charge is 0.338 e. The Balaban J connectivity index is 1.26. The van der Waals surface area contributed by atoms with E-state index in [1.165, 1.54) is 17.4 Å². The number of amidine groups is 1. The van der Waals surface area contributed by atoms with Crippen molar-refractivity contribution in [2.45, 2.75) is 39.2 Å². The molecule has 0 radical (unpaired) electrons. The van der Waals surface area contributed by atoms with Crippen LogP contribution < -0.4 is 10.2 Å². The molecule has 3 aliphatic heterocycles. The van der Waals surface area contributed by atoms with Gasteiger partial charge in [-0.05, 0) is 68.1 Å². The summed E-state index contributed by atoms with van der Waals surface area (Å²) in [7, 11) is 0. The third-order valence-corrected chi connectivity index (χ3v) is 9.72. The molecule has 46 heavy (non-hydrogen) atoms. The molecule has 2 saturated heterocycles. The Kier molecular flexibility index (Phi) is 9.27. The largest absolute Gasteiger partial charge is 0.481 e. The molecule has 1 amide bonds. The molecule has 1 unspecified atom stereocenters. The minimum atomic E-state index is -0.840. The summed E-state index contributed by atoms with van der Waals surface area (Å²) in [4.78, 5) is 51.4. The summed E-state index contributed by atoms with van der Waals surface area (Å²) < 4.78 is 20.3. The van der Waals surface area contributed by atoms with E-state index in [4.69, 9.17) is 14.8 Å². The Labute approximate surface area is 270 Å². The van der Waals surface area contributed by atoms with Crippen LogP contribution in [0.3, 0.4) is 0 Å². The fourth-order valence-corrected chi connectivity index (χ4v) is 7.19. The van der Waals surface area contributed by atoms with E-state index in [0.717, 1.165) is 11.3 Å². The first-order chi connectivity index (χ1) is 22.2. The number of carboxylic acids is 1. The highest BCUT2D eigenvalue weighted by Crippen LogP contribution is 2.38. The first-order valence-electron chi connectivity index (χ1n) is 15.5. The van der Waals surface area contributed by atoms with Crippen LogP contribution in [0, 0.1) is 24.6 Å². The lowest BCUT2D eigenvalue weighted by molar-refractivity contribution is -0.139. The highest BCUT2D eigenvalue weighted by atomic mass is 32.1. The molecule has 4 heterocycles. The van der Waals surface area contributed by atoms with Crippen molar-refractivity contribution in [3.05, 3.63) is 92.8 Å². The molecule has 3 atom stereocenters. The zero-order chi connectivity index (χ0) is 32.4. The third kappa shape index (κ3) is 6.45. The van der Waals surface area contributed by atoms with Crippen molar-refractivity contribution in [2.24, 2.45) is 16.8 Å². The van der Waals surface area contributed by atoms with Gasteiger partial charge in [0.1, 0.15) is 11.9 Å². The number of carbonyl (C=O) groups is 3. The first-order valence-corrected chi connectivity index (χ1v) is 16.4. The number of piperidine rings is 1. The summed E-state index contributed by atoms with van der Waals surface area (Å²) in [5, 5.41) is 14.9. The van der Waals surface area contributed by atoms with E-state index < -0.39 is 18.0 Å². The molecular formula is C34H36FN5O5S. The zero-order valence-corrected chi connectivity index (χ0v) is 26.6. The van der Waals surface area contributed by atoms with Crippen LogP contribution >= 0.6 is 11.3 Å². The number of aliphatic carboxylic acids is 1. The number of aromatic nitrogens is 1. The summed E-state index contributed by atoms with van der Waals surface area (Å²) in [6, 6.07) is 11.6. The van der Waals surface area contributed by atoms with Gasteiger partial charge in [-0.25, -0.2) is 14.2 Å². The van der Waals surface area contributed by atoms with Crippen LogP contribution in [0.2, 0.25) is 0 Å². The number of hydrogen-bond acceptors (Lipinski definition) is 9. The van der Waals surface area contributed by atoms with Crippen molar-refractivity contribution in [2.75, 3.05) is 37.7 Å². The van der Waals surface area contributed by atoms with Gasteiger partial charge in [0, 0.05) is 60.9 Å². The number of likely N-dealkylation sites (tertiary alicyclic amines) is 1. The topological polar surface area (TPSA) is 124 Å². The quantitative estimate of drug-likeness (QED) is 0.309. The van der Waals surface area contributed by atoms with Crippen molar-refractivity contribution in [1.29, 1.82) is 0 Å². The van der Waals surface area contributed by atoms with Crippen LogP contribution in [0.5, 0.6) is 0 Å². The summed E-state index contributed by atoms with van der Waals surface area (Å²) in [6.45, 7) is 5.88. The lowest BCUT2D eigenvalue weighted by Gasteiger charge is -2.36. The number of benzene rings is 2. The molecule has 1 aromatic heterocycles. The maximum absolute atomic E-state index is 14.8. The maximum atomic E-state index is 14.8. The Morgan fingerprint density at radius 3 is 2.70 bits per heavy atom. The highest BCUT2D eigenvalue weighted by Gasteiger charge is 2.44. The van der Waals surface area contributed by atoms with Gasteiger partial charge < -0.3 is 20.1 Å². The fourth-order valence-electron chi connectivity index (χ4n) is 6.60. The Bertz CT molecular complexity index is 1690. The number of carbonyl (C=O) groups excluding carboxylic acids is 2. The fraction of sp³-hybridized carbons (Fsp3) is 0.382. The molecule has 0 spiro atoms. The van der Waals surface area contributed by atoms with Crippen molar-refractivity contribution >= 4 is 40.7 Å². The second-order valence-electron chi connectivity index (χ2n) is 11.8. The summed E-state index contributed by atoms with van der Waals surface area (Å²) in [5.41, 5.74) is 3.69. The highest BCUT2D eigenvalue weighted by molar-refractivity contribution is 7.11. The molecule has 2 fully saturated rings. The van der Waals surface area contributed by atoms with E-state index in [2.05, 4.69) is 15.2 Å². The van der Waals surface area contributed by atoms with E-state index >= 15 is 0 Å². The van der Waals surface area contributed by atoms with Gasteiger partial charge >= 0.3 is 11.9 Å².